The Morgan fingerprint density at radius 2 is 1.89 bits per heavy atom. The maximum absolute atomic E-state index is 11.8. The molecule has 0 radical (unpaired) electrons. The van der Waals surface area contributed by atoms with Crippen molar-refractivity contribution < 1.29 is 18.3 Å². The van der Waals surface area contributed by atoms with Crippen molar-refractivity contribution in [1.82, 2.24) is 4.72 Å². The van der Waals surface area contributed by atoms with E-state index in [1.54, 1.807) is 13.8 Å². The van der Waals surface area contributed by atoms with E-state index in [2.05, 4.69) is 4.72 Å². The van der Waals surface area contributed by atoms with Crippen molar-refractivity contribution in [3.05, 3.63) is 0 Å². The van der Waals surface area contributed by atoms with Crippen LogP contribution in [-0.4, -0.2) is 31.3 Å². The van der Waals surface area contributed by atoms with Gasteiger partial charge in [-0.25, -0.2) is 13.1 Å². The Balaban J connectivity index is 2.49. The molecule has 1 fully saturated rings. The Labute approximate surface area is 109 Å². The molecule has 1 rings (SSSR count). The van der Waals surface area contributed by atoms with Crippen molar-refractivity contribution in [2.45, 2.75) is 52.0 Å². The van der Waals surface area contributed by atoms with Gasteiger partial charge in [0, 0.05) is 0 Å². The van der Waals surface area contributed by atoms with E-state index in [1.165, 1.54) is 12.8 Å². The molecule has 0 bridgehead atoms. The molecule has 1 aliphatic rings. The van der Waals surface area contributed by atoms with E-state index in [0.717, 1.165) is 12.8 Å². The molecule has 1 saturated carbocycles. The smallest absolute Gasteiger partial charge is 0.321 e. The first-order valence-corrected chi connectivity index (χ1v) is 8.20. The zero-order valence-corrected chi connectivity index (χ0v) is 11.9. The summed E-state index contributed by atoms with van der Waals surface area (Å²) >= 11 is 0. The zero-order chi connectivity index (χ0) is 13.8. The Morgan fingerprint density at radius 3 is 2.33 bits per heavy atom. The Hall–Kier alpha value is -0.620. The summed E-state index contributed by atoms with van der Waals surface area (Å²) in [5, 5.41) is 8.96. The van der Waals surface area contributed by atoms with Crippen molar-refractivity contribution in [2.24, 2.45) is 11.8 Å². The van der Waals surface area contributed by atoms with Gasteiger partial charge in [0.15, 0.2) is 0 Å². The highest BCUT2D eigenvalue weighted by atomic mass is 32.2. The molecular formula is C12H23NO4S. The number of carboxylic acids is 1. The summed E-state index contributed by atoms with van der Waals surface area (Å²) in [6.45, 7) is 3.39. The van der Waals surface area contributed by atoms with E-state index in [1.807, 2.05) is 0 Å². The molecule has 1 aliphatic carbocycles. The minimum atomic E-state index is -3.49. The van der Waals surface area contributed by atoms with Gasteiger partial charge in [0.2, 0.25) is 10.0 Å². The van der Waals surface area contributed by atoms with Crippen molar-refractivity contribution in [3.8, 4) is 0 Å². The van der Waals surface area contributed by atoms with Gasteiger partial charge in [0.1, 0.15) is 6.04 Å². The summed E-state index contributed by atoms with van der Waals surface area (Å²) in [6, 6.07) is -1.03. The van der Waals surface area contributed by atoms with Gasteiger partial charge in [0.05, 0.1) is 5.75 Å². The Bertz CT molecular complexity index is 372. The molecule has 0 amide bonds. The fraction of sp³-hybridized carbons (Fsp3) is 0.917. The lowest BCUT2D eigenvalue weighted by Gasteiger charge is -2.18. The minimum absolute atomic E-state index is 0.0359. The third-order valence-corrected chi connectivity index (χ3v) is 4.90. The van der Waals surface area contributed by atoms with E-state index >= 15 is 0 Å². The normalized spacial score (nSPS) is 19.3. The van der Waals surface area contributed by atoms with Crippen LogP contribution in [0.5, 0.6) is 0 Å². The maximum atomic E-state index is 11.8. The lowest BCUT2D eigenvalue weighted by molar-refractivity contribution is -0.140. The van der Waals surface area contributed by atoms with Crippen LogP contribution in [0.4, 0.5) is 0 Å². The van der Waals surface area contributed by atoms with Gasteiger partial charge in [-0.3, -0.25) is 4.79 Å². The average molecular weight is 277 g/mol. The standard InChI is InChI=1S/C12H23NO4S/c1-9(2)11(12(14)15)13-18(16,17)8-7-10-5-3-4-6-10/h9-11,13H,3-8H2,1-2H3,(H,14,15). The molecule has 1 unspecified atom stereocenters. The average Bonchev–Trinajstić information content (AvgIpc) is 2.75. The van der Waals surface area contributed by atoms with Gasteiger partial charge < -0.3 is 5.11 Å². The fourth-order valence-corrected chi connectivity index (χ4v) is 3.87. The second kappa shape index (κ2) is 6.52. The quantitative estimate of drug-likeness (QED) is 0.740. The first-order valence-electron chi connectivity index (χ1n) is 6.54. The first-order chi connectivity index (χ1) is 8.32. The molecule has 18 heavy (non-hydrogen) atoms. The van der Waals surface area contributed by atoms with Crippen LogP contribution in [0.1, 0.15) is 46.0 Å². The third kappa shape index (κ3) is 4.94. The summed E-state index contributed by atoms with van der Waals surface area (Å²) in [6.07, 6.45) is 5.20. The predicted molar refractivity (Wildman–Crippen MR) is 69.8 cm³/mol. The molecule has 0 heterocycles. The number of carboxylic acid groups (broad SMARTS) is 1. The van der Waals surface area contributed by atoms with Crippen LogP contribution in [0.25, 0.3) is 0 Å². The van der Waals surface area contributed by atoms with Gasteiger partial charge >= 0.3 is 5.97 Å². The summed E-state index contributed by atoms with van der Waals surface area (Å²) in [7, 11) is -3.49. The minimum Gasteiger partial charge on any atom is -0.480 e. The summed E-state index contributed by atoms with van der Waals surface area (Å²) in [4.78, 5) is 11.0. The molecule has 1 atom stereocenters. The van der Waals surface area contributed by atoms with Crippen molar-refractivity contribution in [3.63, 3.8) is 0 Å². The molecule has 106 valence electrons. The van der Waals surface area contributed by atoms with Crippen molar-refractivity contribution in [2.75, 3.05) is 5.75 Å². The monoisotopic (exact) mass is 277 g/mol. The van der Waals surface area contributed by atoms with Gasteiger partial charge in [-0.1, -0.05) is 39.5 Å². The molecular weight excluding hydrogens is 254 g/mol. The van der Waals surface area contributed by atoms with Crippen LogP contribution < -0.4 is 4.72 Å². The summed E-state index contributed by atoms with van der Waals surface area (Å²) in [5.41, 5.74) is 0. The summed E-state index contributed by atoms with van der Waals surface area (Å²) < 4.78 is 26.0. The molecule has 0 aromatic rings. The SMILES string of the molecule is CC(C)C(NS(=O)(=O)CCC1CCCC1)C(=O)O. The topological polar surface area (TPSA) is 83.5 Å². The number of nitrogens with one attached hydrogen (secondary N) is 1. The molecule has 0 spiro atoms. The first kappa shape index (κ1) is 15.4. The maximum Gasteiger partial charge on any atom is 0.321 e. The van der Waals surface area contributed by atoms with Gasteiger partial charge in [0.25, 0.3) is 0 Å². The van der Waals surface area contributed by atoms with E-state index in [0.29, 0.717) is 12.3 Å². The van der Waals surface area contributed by atoms with Crippen LogP contribution in [0.2, 0.25) is 0 Å². The number of rotatable bonds is 7. The van der Waals surface area contributed by atoms with E-state index in [-0.39, 0.29) is 11.7 Å². The highest BCUT2D eigenvalue weighted by Crippen LogP contribution is 2.27. The highest BCUT2D eigenvalue weighted by Gasteiger charge is 2.27. The van der Waals surface area contributed by atoms with Gasteiger partial charge in [-0.15, -0.1) is 0 Å². The second-order valence-electron chi connectivity index (χ2n) is 5.44. The number of hydrogen-bond acceptors (Lipinski definition) is 3. The Kier molecular flexibility index (Phi) is 5.59. The van der Waals surface area contributed by atoms with Gasteiger partial charge in [-0.2, -0.15) is 0 Å². The molecule has 0 aromatic carbocycles. The van der Waals surface area contributed by atoms with Crippen LogP contribution in [0, 0.1) is 11.8 Å². The molecule has 2 N–H and O–H groups in total. The van der Waals surface area contributed by atoms with Crippen LogP contribution in [0.15, 0.2) is 0 Å². The number of hydrogen-bond donors (Lipinski definition) is 2. The largest absolute Gasteiger partial charge is 0.480 e. The van der Waals surface area contributed by atoms with Crippen molar-refractivity contribution >= 4 is 16.0 Å². The van der Waals surface area contributed by atoms with E-state index in [9.17, 15) is 13.2 Å². The van der Waals surface area contributed by atoms with E-state index < -0.39 is 22.0 Å². The fourth-order valence-electron chi connectivity index (χ4n) is 2.34. The lowest BCUT2D eigenvalue weighted by Crippen LogP contribution is -2.45. The molecule has 0 aromatic heterocycles. The van der Waals surface area contributed by atoms with E-state index in [4.69, 9.17) is 5.11 Å². The second-order valence-corrected chi connectivity index (χ2v) is 7.31. The molecule has 0 aliphatic heterocycles. The van der Waals surface area contributed by atoms with Crippen LogP contribution in [0.3, 0.4) is 0 Å². The van der Waals surface area contributed by atoms with Crippen molar-refractivity contribution in [1.29, 1.82) is 0 Å². The van der Waals surface area contributed by atoms with Crippen LogP contribution >= 0.6 is 0 Å². The van der Waals surface area contributed by atoms with Gasteiger partial charge in [-0.05, 0) is 18.3 Å². The number of carbonyl (C=O) groups is 1. The summed E-state index contributed by atoms with van der Waals surface area (Å²) in [5.74, 6) is -0.851. The molecule has 0 saturated heterocycles. The third-order valence-electron chi connectivity index (χ3n) is 3.51. The number of aliphatic carboxylic acids is 1. The predicted octanol–water partition coefficient (Wildman–Crippen LogP) is 1.60. The Morgan fingerprint density at radius 1 is 1.33 bits per heavy atom. The molecule has 6 heteroatoms. The lowest BCUT2D eigenvalue weighted by atomic mass is 10.1. The van der Waals surface area contributed by atoms with Crippen LogP contribution in [-0.2, 0) is 14.8 Å². The molecule has 5 nitrogen and oxygen atoms in total. The zero-order valence-electron chi connectivity index (χ0n) is 11.1. The number of sulfonamides is 1. The highest BCUT2D eigenvalue weighted by molar-refractivity contribution is 7.89.